The van der Waals surface area contributed by atoms with E-state index in [1.165, 1.54) is 0 Å². The van der Waals surface area contributed by atoms with Crippen LogP contribution >= 0.6 is 0 Å². The number of anilines is 1. The number of hydrogen-bond donors (Lipinski definition) is 2. The molecule has 2 N–H and O–H groups in total. The monoisotopic (exact) mass is 505 g/mol. The zero-order chi connectivity index (χ0) is 24.9. The van der Waals surface area contributed by atoms with Gasteiger partial charge in [0.25, 0.3) is 11.8 Å². The molecular formula is C26H28FN7O3. The SMILES string of the molecule is Oc1cc(-c2cnc3c(n2)OCCO3)ccc1-c1ncc(N(C2CC2)[C@H]2C[C@@H]3CCC[C@@H](N3)[C@H]2F)nn1. The summed E-state index contributed by atoms with van der Waals surface area (Å²) in [4.78, 5) is 15.3. The van der Waals surface area contributed by atoms with Crippen molar-refractivity contribution < 1.29 is 19.0 Å². The number of phenolic OH excluding ortho intramolecular Hbond substituents is 1. The Morgan fingerprint density at radius 3 is 2.65 bits per heavy atom. The lowest BCUT2D eigenvalue weighted by Gasteiger charge is -2.47. The molecule has 3 fully saturated rings. The predicted molar refractivity (Wildman–Crippen MR) is 132 cm³/mol. The molecule has 0 radical (unpaired) electrons. The van der Waals surface area contributed by atoms with Crippen LogP contribution in [-0.4, -0.2) is 73.8 Å². The van der Waals surface area contributed by atoms with Crippen molar-refractivity contribution in [3.05, 3.63) is 30.6 Å². The van der Waals surface area contributed by atoms with E-state index in [9.17, 15) is 5.11 Å². The van der Waals surface area contributed by atoms with E-state index in [2.05, 4.69) is 35.4 Å². The Kier molecular flexibility index (Phi) is 5.53. The van der Waals surface area contributed by atoms with E-state index in [4.69, 9.17) is 9.47 Å². The number of phenols is 1. The summed E-state index contributed by atoms with van der Waals surface area (Å²) in [6, 6.07) is 5.45. The highest BCUT2D eigenvalue weighted by atomic mass is 19.1. The summed E-state index contributed by atoms with van der Waals surface area (Å²) in [5.74, 6) is 1.60. The van der Waals surface area contributed by atoms with Crippen molar-refractivity contribution in [2.45, 2.75) is 68.9 Å². The first kappa shape index (κ1) is 22.6. The normalized spacial score (nSPS) is 26.5. The average Bonchev–Trinajstić information content (AvgIpc) is 3.77. The van der Waals surface area contributed by atoms with E-state index in [0.717, 1.165) is 38.5 Å². The van der Waals surface area contributed by atoms with Gasteiger partial charge in [-0.1, -0.05) is 12.5 Å². The van der Waals surface area contributed by atoms with Gasteiger partial charge in [-0.25, -0.2) is 19.3 Å². The second-order valence-corrected chi connectivity index (χ2v) is 10.2. The van der Waals surface area contributed by atoms with Crippen molar-refractivity contribution in [1.29, 1.82) is 0 Å². The van der Waals surface area contributed by atoms with Gasteiger partial charge >= 0.3 is 0 Å². The lowest BCUT2D eigenvalue weighted by atomic mass is 9.82. The third-order valence-corrected chi connectivity index (χ3v) is 7.71. The number of rotatable bonds is 5. The number of hydrogen-bond acceptors (Lipinski definition) is 10. The fraction of sp³-hybridized carbons (Fsp3) is 0.500. The highest BCUT2D eigenvalue weighted by Gasteiger charge is 2.46. The molecule has 2 saturated heterocycles. The smallest absolute Gasteiger partial charge is 0.278 e. The van der Waals surface area contributed by atoms with Crippen molar-refractivity contribution in [3.8, 4) is 40.2 Å². The Morgan fingerprint density at radius 1 is 1.00 bits per heavy atom. The highest BCUT2D eigenvalue weighted by Crippen LogP contribution is 2.39. The van der Waals surface area contributed by atoms with Gasteiger partial charge in [0.15, 0.2) is 11.6 Å². The van der Waals surface area contributed by atoms with E-state index in [0.29, 0.717) is 59.5 Å². The minimum absolute atomic E-state index is 0.00205. The van der Waals surface area contributed by atoms with E-state index in [1.54, 1.807) is 24.5 Å². The molecule has 192 valence electrons. The summed E-state index contributed by atoms with van der Waals surface area (Å²) in [6.45, 7) is 0.855. The third-order valence-electron chi connectivity index (χ3n) is 7.71. The first-order valence-corrected chi connectivity index (χ1v) is 13.0. The summed E-state index contributed by atoms with van der Waals surface area (Å²) in [6.07, 6.45) is 8.16. The number of alkyl halides is 1. The van der Waals surface area contributed by atoms with E-state index in [-0.39, 0.29) is 23.9 Å². The van der Waals surface area contributed by atoms with E-state index < -0.39 is 6.17 Å². The molecule has 3 aromatic rings. The Bertz CT molecular complexity index is 1310. The van der Waals surface area contributed by atoms with Crippen molar-refractivity contribution >= 4 is 5.82 Å². The Balaban J connectivity index is 1.13. The number of nitrogens with one attached hydrogen (secondary N) is 1. The largest absolute Gasteiger partial charge is 0.507 e. The van der Waals surface area contributed by atoms with Gasteiger partial charge in [0, 0.05) is 23.7 Å². The zero-order valence-electron chi connectivity index (χ0n) is 20.3. The van der Waals surface area contributed by atoms with Crippen molar-refractivity contribution in [2.24, 2.45) is 0 Å². The molecule has 1 aliphatic carbocycles. The van der Waals surface area contributed by atoms with Gasteiger partial charge in [-0.2, -0.15) is 0 Å². The molecule has 5 heterocycles. The second kappa shape index (κ2) is 9.05. The molecule has 3 aliphatic heterocycles. The lowest BCUT2D eigenvalue weighted by molar-refractivity contribution is 0.104. The molecule has 1 aromatic carbocycles. The maximum Gasteiger partial charge on any atom is 0.278 e. The van der Waals surface area contributed by atoms with Gasteiger partial charge in [-0.05, 0) is 44.2 Å². The molecule has 10 nitrogen and oxygen atoms in total. The number of ether oxygens (including phenoxy) is 2. The topological polar surface area (TPSA) is 118 Å². The van der Waals surface area contributed by atoms with Gasteiger partial charge < -0.3 is 24.8 Å². The van der Waals surface area contributed by atoms with Crippen LogP contribution in [0.3, 0.4) is 0 Å². The van der Waals surface area contributed by atoms with Crippen LogP contribution in [0.2, 0.25) is 0 Å². The molecule has 11 heteroatoms. The van der Waals surface area contributed by atoms with Gasteiger partial charge in [0.1, 0.15) is 25.1 Å². The molecule has 2 aromatic heterocycles. The Hall–Kier alpha value is -3.60. The minimum Gasteiger partial charge on any atom is -0.507 e. The number of nitrogens with zero attached hydrogens (tertiary/aromatic N) is 6. The highest BCUT2D eigenvalue weighted by molar-refractivity contribution is 5.71. The number of benzene rings is 1. The quantitative estimate of drug-likeness (QED) is 0.536. The molecule has 4 aliphatic rings. The molecule has 0 amide bonds. The molecule has 7 rings (SSSR count). The van der Waals surface area contributed by atoms with Crippen LogP contribution in [0, 0.1) is 0 Å². The molecule has 4 atom stereocenters. The lowest BCUT2D eigenvalue weighted by Crippen LogP contribution is -2.62. The van der Waals surface area contributed by atoms with E-state index >= 15 is 4.39 Å². The number of aromatic nitrogens is 5. The van der Waals surface area contributed by atoms with Gasteiger partial charge in [0.05, 0.1) is 29.7 Å². The number of halogens is 1. The number of aromatic hydroxyl groups is 1. The zero-order valence-corrected chi connectivity index (χ0v) is 20.3. The van der Waals surface area contributed by atoms with Crippen molar-refractivity contribution in [3.63, 3.8) is 0 Å². The Labute approximate surface area is 213 Å². The molecular weight excluding hydrogens is 477 g/mol. The predicted octanol–water partition coefficient (Wildman–Crippen LogP) is 3.06. The fourth-order valence-corrected chi connectivity index (χ4v) is 5.79. The average molecular weight is 506 g/mol. The second-order valence-electron chi connectivity index (χ2n) is 10.2. The van der Waals surface area contributed by atoms with Gasteiger partial charge in [-0.3, -0.25) is 0 Å². The standard InChI is InChI=1S/C26H28FN7O3/c27-23-18-3-1-2-15(30-18)11-20(23)34(16-5-6-16)22-13-28-24(33-32-22)17-7-4-14(10-21(17)35)19-12-29-25-26(31-19)37-9-8-36-25/h4,7,10,12-13,15-16,18,20,23,30,35H,1-3,5-6,8-9,11H2/t15-,18+,20-,23+/m0/s1. The maximum atomic E-state index is 15.5. The molecule has 0 spiro atoms. The third kappa shape index (κ3) is 4.20. The summed E-state index contributed by atoms with van der Waals surface area (Å²) < 4.78 is 26.4. The van der Waals surface area contributed by atoms with Crippen LogP contribution in [0.5, 0.6) is 17.5 Å². The molecule has 37 heavy (non-hydrogen) atoms. The Morgan fingerprint density at radius 2 is 1.86 bits per heavy atom. The van der Waals surface area contributed by atoms with Crippen LogP contribution < -0.4 is 19.7 Å². The number of piperidine rings is 2. The first-order valence-electron chi connectivity index (χ1n) is 13.0. The van der Waals surface area contributed by atoms with Crippen LogP contribution in [0.15, 0.2) is 30.6 Å². The summed E-state index contributed by atoms with van der Waals surface area (Å²) in [5.41, 5.74) is 1.67. The minimum atomic E-state index is -0.945. The van der Waals surface area contributed by atoms with Crippen molar-refractivity contribution in [1.82, 2.24) is 30.5 Å². The summed E-state index contributed by atoms with van der Waals surface area (Å²) in [5, 5.41) is 23.0. The maximum absolute atomic E-state index is 15.5. The molecule has 1 saturated carbocycles. The van der Waals surface area contributed by atoms with Gasteiger partial charge in [0.2, 0.25) is 0 Å². The van der Waals surface area contributed by atoms with Crippen LogP contribution in [0.4, 0.5) is 10.2 Å². The first-order chi connectivity index (χ1) is 18.1. The summed E-state index contributed by atoms with van der Waals surface area (Å²) in [7, 11) is 0. The van der Waals surface area contributed by atoms with Gasteiger partial charge in [-0.15, -0.1) is 10.2 Å². The van der Waals surface area contributed by atoms with Crippen LogP contribution in [0.25, 0.3) is 22.6 Å². The van der Waals surface area contributed by atoms with Crippen LogP contribution in [0.1, 0.15) is 38.5 Å². The number of fused-ring (bicyclic) bond motifs is 3. The van der Waals surface area contributed by atoms with Crippen molar-refractivity contribution in [2.75, 3.05) is 18.1 Å². The fourth-order valence-electron chi connectivity index (χ4n) is 5.79. The molecule has 0 unspecified atom stereocenters. The summed E-state index contributed by atoms with van der Waals surface area (Å²) >= 11 is 0. The molecule has 2 bridgehead atoms. The van der Waals surface area contributed by atoms with Crippen LogP contribution in [-0.2, 0) is 0 Å². The van der Waals surface area contributed by atoms with E-state index in [1.807, 2.05) is 6.07 Å².